The minimum absolute atomic E-state index is 0.00274. The van der Waals surface area contributed by atoms with Crippen LogP contribution in [0.1, 0.15) is 79.6 Å². The Hall–Kier alpha value is -1.13. The molecule has 0 aliphatic heterocycles. The third-order valence-corrected chi connectivity index (χ3v) is 11.2. The van der Waals surface area contributed by atoms with E-state index in [4.69, 9.17) is 27.9 Å². The van der Waals surface area contributed by atoms with Crippen molar-refractivity contribution in [2.45, 2.75) is 95.4 Å². The fraction of sp³-hybridized carbons (Fsp3) is 0.741. The average Bonchev–Trinajstić information content (AvgIpc) is 2.96. The fourth-order valence-electron chi connectivity index (χ4n) is 8.06. The summed E-state index contributed by atoms with van der Waals surface area (Å²) in [5, 5.41) is -0.449. The lowest BCUT2D eigenvalue weighted by Gasteiger charge is -2.64. The Morgan fingerprint density at radius 2 is 1.94 bits per heavy atom. The number of carbonyl (C=O) groups is 3. The van der Waals surface area contributed by atoms with Crippen molar-refractivity contribution in [2.75, 3.05) is 0 Å². The Labute approximate surface area is 207 Å². The van der Waals surface area contributed by atoms with E-state index in [1.807, 2.05) is 19.9 Å². The summed E-state index contributed by atoms with van der Waals surface area (Å²) in [6.45, 7) is 9.81. The molecule has 0 spiro atoms. The van der Waals surface area contributed by atoms with Crippen LogP contribution in [0.3, 0.4) is 0 Å². The Kier molecular flexibility index (Phi) is 6.22. The van der Waals surface area contributed by atoms with Crippen LogP contribution in [-0.2, 0) is 19.1 Å². The SMILES string of the molecule is CCCCC(=O)O[C@@]1(C(C)=O)[C@@H](C)C[C@H]2[C@@H]3CCC4=CC(=O)C=C[C@]4(C)[C@@]3(Cl)[C@@H](Cl)C[C@@]21C. The van der Waals surface area contributed by atoms with Crippen LogP contribution in [0.4, 0.5) is 0 Å². The summed E-state index contributed by atoms with van der Waals surface area (Å²) in [7, 11) is 0. The Morgan fingerprint density at radius 3 is 2.58 bits per heavy atom. The van der Waals surface area contributed by atoms with Gasteiger partial charge in [-0.15, -0.1) is 23.2 Å². The molecule has 6 heteroatoms. The summed E-state index contributed by atoms with van der Waals surface area (Å²) in [4.78, 5) is 37.5. The van der Waals surface area contributed by atoms with E-state index in [1.54, 1.807) is 19.1 Å². The first-order valence-corrected chi connectivity index (χ1v) is 13.2. The molecule has 4 nitrogen and oxygen atoms in total. The number of ketones is 2. The molecular weight excluding hydrogens is 459 g/mol. The molecule has 0 saturated heterocycles. The number of halogens is 2. The van der Waals surface area contributed by atoms with Crippen molar-refractivity contribution >= 4 is 40.7 Å². The maximum Gasteiger partial charge on any atom is 0.306 e. The zero-order valence-corrected chi connectivity index (χ0v) is 21.9. The fourth-order valence-corrected chi connectivity index (χ4v) is 9.29. The molecule has 8 atom stereocenters. The van der Waals surface area contributed by atoms with E-state index in [-0.39, 0.29) is 35.3 Å². The number of hydrogen-bond donors (Lipinski definition) is 0. The van der Waals surface area contributed by atoms with Crippen molar-refractivity contribution in [2.24, 2.45) is 28.6 Å². The van der Waals surface area contributed by atoms with E-state index in [0.717, 1.165) is 37.7 Å². The highest BCUT2D eigenvalue weighted by atomic mass is 35.5. The Bertz CT molecular complexity index is 940. The van der Waals surface area contributed by atoms with Crippen LogP contribution in [0.5, 0.6) is 0 Å². The lowest BCUT2D eigenvalue weighted by atomic mass is 9.46. The predicted octanol–water partition coefficient (Wildman–Crippen LogP) is 6.18. The highest BCUT2D eigenvalue weighted by molar-refractivity contribution is 6.34. The van der Waals surface area contributed by atoms with Crippen LogP contribution >= 0.6 is 23.2 Å². The first kappa shape index (κ1) is 25.0. The van der Waals surface area contributed by atoms with Crippen molar-refractivity contribution in [1.82, 2.24) is 0 Å². The van der Waals surface area contributed by atoms with E-state index in [2.05, 4.69) is 13.8 Å². The second kappa shape index (κ2) is 8.22. The van der Waals surface area contributed by atoms with Crippen LogP contribution in [0.2, 0.25) is 0 Å². The highest BCUT2D eigenvalue weighted by Gasteiger charge is 2.75. The predicted molar refractivity (Wildman–Crippen MR) is 130 cm³/mol. The van der Waals surface area contributed by atoms with Crippen LogP contribution in [-0.4, -0.2) is 33.4 Å². The molecule has 4 rings (SSSR count). The molecule has 0 aromatic carbocycles. The van der Waals surface area contributed by atoms with Gasteiger partial charge in [0.1, 0.15) is 0 Å². The first-order chi connectivity index (χ1) is 15.4. The van der Waals surface area contributed by atoms with Gasteiger partial charge in [0.2, 0.25) is 0 Å². The monoisotopic (exact) mass is 494 g/mol. The van der Waals surface area contributed by atoms with Gasteiger partial charge in [-0.1, -0.05) is 45.8 Å². The summed E-state index contributed by atoms with van der Waals surface area (Å²) in [5.41, 5.74) is -1.27. The molecule has 33 heavy (non-hydrogen) atoms. The molecule has 4 aliphatic rings. The van der Waals surface area contributed by atoms with Gasteiger partial charge in [0.05, 0.1) is 10.3 Å². The third kappa shape index (κ3) is 3.19. The van der Waals surface area contributed by atoms with Gasteiger partial charge in [-0.2, -0.15) is 0 Å². The maximum atomic E-state index is 13.3. The Balaban J connectivity index is 1.78. The quantitative estimate of drug-likeness (QED) is 0.338. The van der Waals surface area contributed by atoms with E-state index in [9.17, 15) is 14.4 Å². The van der Waals surface area contributed by atoms with E-state index in [1.165, 1.54) is 0 Å². The molecule has 0 bridgehead atoms. The van der Waals surface area contributed by atoms with Gasteiger partial charge in [0.25, 0.3) is 0 Å². The first-order valence-electron chi connectivity index (χ1n) is 12.4. The van der Waals surface area contributed by atoms with Gasteiger partial charge in [0, 0.05) is 23.2 Å². The smallest absolute Gasteiger partial charge is 0.306 e. The van der Waals surface area contributed by atoms with Crippen LogP contribution < -0.4 is 0 Å². The van der Waals surface area contributed by atoms with Crippen molar-refractivity contribution < 1.29 is 19.1 Å². The van der Waals surface area contributed by atoms with Crippen molar-refractivity contribution in [3.05, 3.63) is 23.8 Å². The topological polar surface area (TPSA) is 60.4 Å². The molecule has 0 N–H and O–H groups in total. The number of unbranched alkanes of at least 4 members (excludes halogenated alkanes) is 1. The molecule has 182 valence electrons. The van der Waals surface area contributed by atoms with Crippen LogP contribution in [0.25, 0.3) is 0 Å². The lowest BCUT2D eigenvalue weighted by molar-refractivity contribution is -0.192. The van der Waals surface area contributed by atoms with Gasteiger partial charge in [0.15, 0.2) is 17.2 Å². The summed E-state index contributed by atoms with van der Waals surface area (Å²) in [6.07, 6.45) is 10.1. The highest BCUT2D eigenvalue weighted by Crippen LogP contribution is 2.72. The number of ether oxygens (including phenoxy) is 1. The minimum Gasteiger partial charge on any atom is -0.450 e. The molecule has 3 saturated carbocycles. The maximum absolute atomic E-state index is 13.3. The second-order valence-corrected chi connectivity index (χ2v) is 12.4. The molecular formula is C27H36Cl2O4. The molecule has 0 amide bonds. The number of Topliss-reactive ketones (excluding diaryl/α,β-unsaturated/α-hetero) is 1. The number of rotatable bonds is 5. The molecule has 0 aromatic heterocycles. The largest absolute Gasteiger partial charge is 0.450 e. The number of hydrogen-bond acceptors (Lipinski definition) is 4. The number of fused-ring (bicyclic) bond motifs is 5. The normalized spacial score (nSPS) is 46.2. The molecule has 4 aliphatic carbocycles. The number of allylic oxidation sites excluding steroid dienone is 4. The number of esters is 1. The zero-order chi connectivity index (χ0) is 24.4. The lowest BCUT2D eigenvalue weighted by Crippen LogP contribution is -2.68. The molecule has 3 fully saturated rings. The van der Waals surface area contributed by atoms with Gasteiger partial charge in [-0.3, -0.25) is 14.4 Å². The minimum atomic E-state index is -1.19. The van der Waals surface area contributed by atoms with E-state index in [0.29, 0.717) is 12.8 Å². The van der Waals surface area contributed by atoms with Gasteiger partial charge >= 0.3 is 5.97 Å². The van der Waals surface area contributed by atoms with Crippen molar-refractivity contribution in [3.8, 4) is 0 Å². The molecule has 0 heterocycles. The van der Waals surface area contributed by atoms with Gasteiger partial charge in [-0.25, -0.2) is 0 Å². The zero-order valence-electron chi connectivity index (χ0n) is 20.4. The van der Waals surface area contributed by atoms with Gasteiger partial charge < -0.3 is 4.74 Å². The van der Waals surface area contributed by atoms with E-state index >= 15 is 0 Å². The van der Waals surface area contributed by atoms with Crippen LogP contribution in [0.15, 0.2) is 23.8 Å². The van der Waals surface area contributed by atoms with Gasteiger partial charge in [-0.05, 0) is 63.0 Å². The second-order valence-electron chi connectivity index (χ2n) is 11.2. The standard InChI is InChI=1S/C27H36Cl2O4/c1-6-7-8-23(32)33-27(17(3)30)16(2)13-21-20-10-9-18-14-19(31)11-12-24(18,4)26(20,29)22(28)15-25(21,27)5/h11-12,14,16,20-22H,6-10,13,15H2,1-5H3/t16-,20-,21-,22-,24-,25-,26-,27+/m0/s1. The Morgan fingerprint density at radius 1 is 1.24 bits per heavy atom. The summed E-state index contributed by atoms with van der Waals surface area (Å²) in [6, 6.07) is 0. The average molecular weight is 495 g/mol. The third-order valence-electron chi connectivity index (χ3n) is 9.67. The van der Waals surface area contributed by atoms with Crippen molar-refractivity contribution in [3.63, 3.8) is 0 Å². The molecule has 0 radical (unpaired) electrons. The van der Waals surface area contributed by atoms with Crippen molar-refractivity contribution in [1.29, 1.82) is 0 Å². The summed E-state index contributed by atoms with van der Waals surface area (Å²) >= 11 is 14.8. The molecule has 0 unspecified atom stereocenters. The summed E-state index contributed by atoms with van der Waals surface area (Å²) in [5.74, 6) is -0.389. The molecule has 0 aromatic rings. The number of alkyl halides is 2. The van der Waals surface area contributed by atoms with Crippen LogP contribution in [0, 0.1) is 28.6 Å². The summed E-state index contributed by atoms with van der Waals surface area (Å²) < 4.78 is 6.19. The number of carbonyl (C=O) groups excluding carboxylic acids is 3. The van der Waals surface area contributed by atoms with E-state index < -0.39 is 26.7 Å².